The Kier molecular flexibility index (Phi) is 9.51. The lowest BCUT2D eigenvalue weighted by molar-refractivity contribution is -0.135. The Hall–Kier alpha value is -3.35. The summed E-state index contributed by atoms with van der Waals surface area (Å²) in [6, 6.07) is 4.54. The summed E-state index contributed by atoms with van der Waals surface area (Å²) < 4.78 is 24.8. The van der Waals surface area contributed by atoms with E-state index in [1.54, 1.807) is 7.11 Å². The minimum Gasteiger partial charge on any atom is -0.496 e. The Morgan fingerprint density at radius 1 is 1.11 bits per heavy atom. The number of hydrogen-bond donors (Lipinski definition) is 3. The zero-order chi connectivity index (χ0) is 26.2. The summed E-state index contributed by atoms with van der Waals surface area (Å²) in [5, 5.41) is 24.0. The molecular weight excluding hydrogens is 474 g/mol. The van der Waals surface area contributed by atoms with Gasteiger partial charge in [0.1, 0.15) is 11.6 Å². The van der Waals surface area contributed by atoms with Crippen LogP contribution in [0.15, 0.2) is 24.5 Å². The highest BCUT2D eigenvalue weighted by Gasteiger charge is 2.38. The molecule has 0 radical (unpaired) electrons. The van der Waals surface area contributed by atoms with E-state index in [0.717, 1.165) is 62.9 Å². The first-order chi connectivity index (χ1) is 17.2. The van der Waals surface area contributed by atoms with Gasteiger partial charge in [0.05, 0.1) is 25.4 Å². The highest BCUT2D eigenvalue weighted by Crippen LogP contribution is 2.43. The monoisotopic (exact) mass is 507 g/mol. The van der Waals surface area contributed by atoms with Crippen molar-refractivity contribution in [3.63, 3.8) is 0 Å². The largest absolute Gasteiger partial charge is 0.496 e. The summed E-state index contributed by atoms with van der Waals surface area (Å²) >= 11 is 0. The number of hydrogen-bond acceptors (Lipinski definition) is 9. The molecule has 0 aliphatic carbocycles. The molecule has 2 fully saturated rings. The molecule has 198 valence electrons. The number of ether oxygens (including phenoxy) is 4. The van der Waals surface area contributed by atoms with Gasteiger partial charge in [0.15, 0.2) is 11.5 Å². The minimum atomic E-state index is -0.833. The minimum absolute atomic E-state index is 0.121. The summed E-state index contributed by atoms with van der Waals surface area (Å²) in [5.41, 5.74) is 0.899. The molecule has 3 atom stereocenters. The number of aliphatic hydroxyl groups is 1. The Morgan fingerprint density at radius 2 is 1.78 bits per heavy atom. The van der Waals surface area contributed by atoms with Gasteiger partial charge in [-0.2, -0.15) is 0 Å². The zero-order valence-electron chi connectivity index (χ0n) is 20.6. The van der Waals surface area contributed by atoms with Gasteiger partial charge in [0.25, 0.3) is 11.9 Å². The van der Waals surface area contributed by atoms with Gasteiger partial charge in [0.2, 0.25) is 6.79 Å². The second-order valence-electron chi connectivity index (χ2n) is 8.57. The Bertz CT molecular complexity index is 1020. The lowest BCUT2D eigenvalue weighted by atomic mass is 10.1. The van der Waals surface area contributed by atoms with Gasteiger partial charge in [-0.3, -0.25) is 14.5 Å². The van der Waals surface area contributed by atoms with Crippen molar-refractivity contribution < 1.29 is 43.9 Å². The number of fused-ring (bicyclic) bond motifs is 2. The van der Waals surface area contributed by atoms with Crippen LogP contribution >= 0.6 is 0 Å². The average Bonchev–Trinajstić information content (AvgIpc) is 3.55. The van der Waals surface area contributed by atoms with Crippen LogP contribution < -0.4 is 14.2 Å². The summed E-state index contributed by atoms with van der Waals surface area (Å²) in [6.45, 7) is 5.11. The maximum Gasteiger partial charge on any atom is 0.300 e. The number of imidazole rings is 1. The molecule has 36 heavy (non-hydrogen) atoms. The van der Waals surface area contributed by atoms with Crippen molar-refractivity contribution in [2.75, 3.05) is 40.2 Å². The predicted molar refractivity (Wildman–Crippen MR) is 127 cm³/mol. The van der Waals surface area contributed by atoms with Crippen molar-refractivity contribution in [2.24, 2.45) is 0 Å². The maximum absolute atomic E-state index is 9.20. The number of carboxylic acid groups (broad SMARTS) is 2. The smallest absolute Gasteiger partial charge is 0.300 e. The molecule has 1 aromatic carbocycles. The summed E-state index contributed by atoms with van der Waals surface area (Å²) in [6.07, 6.45) is 5.70. The van der Waals surface area contributed by atoms with E-state index < -0.39 is 11.9 Å². The maximum atomic E-state index is 9.20. The first kappa shape index (κ1) is 27.2. The van der Waals surface area contributed by atoms with Crippen molar-refractivity contribution in [3.05, 3.63) is 24.5 Å². The third-order valence-electron chi connectivity index (χ3n) is 5.92. The molecule has 0 saturated carbocycles. The highest BCUT2D eigenvalue weighted by molar-refractivity contribution is 5.70. The van der Waals surface area contributed by atoms with Crippen molar-refractivity contribution in [3.8, 4) is 28.6 Å². The average molecular weight is 508 g/mol. The summed E-state index contributed by atoms with van der Waals surface area (Å²) in [7, 11) is 1.66. The van der Waals surface area contributed by atoms with E-state index in [1.807, 2.05) is 24.5 Å². The molecule has 12 heteroatoms. The quantitative estimate of drug-likeness (QED) is 0.543. The van der Waals surface area contributed by atoms with Gasteiger partial charge in [-0.1, -0.05) is 0 Å². The number of carboxylic acids is 2. The number of carbonyl (C=O) groups is 2. The Labute approximate surface area is 209 Å². The SMILES string of the molecule is CC(=O)O.CC(=O)O.COc1cc2c(cc1-c1nccn1[C@@H]1C[C@H]3CO[C@@H](CCO)CN3C1)OCO2. The van der Waals surface area contributed by atoms with Crippen LogP contribution in [0.4, 0.5) is 0 Å². The number of morpholine rings is 1. The van der Waals surface area contributed by atoms with Crippen LogP contribution in [0, 0.1) is 0 Å². The van der Waals surface area contributed by atoms with E-state index in [0.29, 0.717) is 24.3 Å². The molecule has 0 unspecified atom stereocenters. The normalized spacial score (nSPS) is 21.9. The van der Waals surface area contributed by atoms with Gasteiger partial charge >= 0.3 is 0 Å². The third kappa shape index (κ3) is 6.86. The predicted octanol–water partition coefficient (Wildman–Crippen LogP) is 1.87. The molecule has 0 amide bonds. The molecule has 3 aliphatic rings. The van der Waals surface area contributed by atoms with Crippen LogP contribution in [0.1, 0.15) is 32.7 Å². The van der Waals surface area contributed by atoms with Crippen LogP contribution in [0.25, 0.3) is 11.4 Å². The second kappa shape index (κ2) is 12.6. The van der Waals surface area contributed by atoms with Crippen LogP contribution in [-0.2, 0) is 14.3 Å². The summed E-state index contributed by atoms with van der Waals surface area (Å²) in [4.78, 5) is 25.1. The fourth-order valence-electron chi connectivity index (χ4n) is 4.52. The fourth-order valence-corrected chi connectivity index (χ4v) is 4.52. The molecule has 4 heterocycles. The van der Waals surface area contributed by atoms with E-state index in [9.17, 15) is 5.11 Å². The molecule has 3 aliphatic heterocycles. The molecule has 5 rings (SSSR count). The van der Waals surface area contributed by atoms with E-state index in [1.165, 1.54) is 0 Å². The number of nitrogens with zero attached hydrogens (tertiary/aromatic N) is 3. The lowest BCUT2D eigenvalue weighted by Gasteiger charge is -2.34. The van der Waals surface area contributed by atoms with E-state index in [4.69, 9.17) is 38.7 Å². The molecular formula is C24H33N3O9. The molecule has 3 N–H and O–H groups in total. The van der Waals surface area contributed by atoms with Crippen molar-refractivity contribution in [1.29, 1.82) is 0 Å². The first-order valence-electron chi connectivity index (χ1n) is 11.6. The fraction of sp³-hybridized carbons (Fsp3) is 0.542. The Morgan fingerprint density at radius 3 is 2.42 bits per heavy atom. The third-order valence-corrected chi connectivity index (χ3v) is 5.92. The number of aliphatic carboxylic acids is 2. The standard InChI is InChI=1S/C20H25N3O5.2C2H4O2/c1-25-17-8-19-18(27-12-28-19)7-16(17)20-21-3-4-23(20)13-6-14-11-26-15(2-5-24)10-22(14)9-13;2*1-2(3)4/h3-4,7-8,13-15,24H,2,5-6,9-12H2,1H3;2*1H3,(H,3,4)/t13-,14+,15+;;/m1../s1. The molecule has 0 bridgehead atoms. The van der Waals surface area contributed by atoms with Gasteiger partial charge in [-0.15, -0.1) is 0 Å². The zero-order valence-corrected chi connectivity index (χ0v) is 20.6. The second-order valence-corrected chi connectivity index (χ2v) is 8.57. The van der Waals surface area contributed by atoms with Crippen molar-refractivity contribution in [1.82, 2.24) is 14.5 Å². The van der Waals surface area contributed by atoms with Gasteiger partial charge < -0.3 is 38.8 Å². The molecule has 2 saturated heterocycles. The first-order valence-corrected chi connectivity index (χ1v) is 11.6. The number of benzene rings is 1. The number of rotatable bonds is 5. The van der Waals surface area contributed by atoms with Crippen LogP contribution in [-0.4, -0.2) is 94.1 Å². The molecule has 12 nitrogen and oxygen atoms in total. The molecule has 1 aromatic heterocycles. The van der Waals surface area contributed by atoms with Crippen molar-refractivity contribution >= 4 is 11.9 Å². The van der Waals surface area contributed by atoms with Crippen LogP contribution in [0.2, 0.25) is 0 Å². The van der Waals surface area contributed by atoms with Crippen LogP contribution in [0.3, 0.4) is 0 Å². The molecule has 2 aromatic rings. The van der Waals surface area contributed by atoms with Gasteiger partial charge in [0, 0.05) is 64.1 Å². The number of methoxy groups -OCH3 is 1. The van der Waals surface area contributed by atoms with Gasteiger partial charge in [-0.25, -0.2) is 4.98 Å². The van der Waals surface area contributed by atoms with E-state index in [-0.39, 0.29) is 19.5 Å². The Balaban J connectivity index is 0.000000398. The van der Waals surface area contributed by atoms with E-state index >= 15 is 0 Å². The number of aliphatic hydroxyl groups excluding tert-OH is 1. The number of aromatic nitrogens is 2. The van der Waals surface area contributed by atoms with Crippen LogP contribution in [0.5, 0.6) is 17.2 Å². The van der Waals surface area contributed by atoms with Crippen molar-refractivity contribution in [2.45, 2.75) is 44.9 Å². The van der Waals surface area contributed by atoms with Gasteiger partial charge in [-0.05, 0) is 18.9 Å². The lowest BCUT2D eigenvalue weighted by Crippen LogP contribution is -2.46. The topological polar surface area (TPSA) is 153 Å². The highest BCUT2D eigenvalue weighted by atomic mass is 16.7. The van der Waals surface area contributed by atoms with E-state index in [2.05, 4.69) is 14.5 Å². The molecule has 0 spiro atoms. The summed E-state index contributed by atoms with van der Waals surface area (Å²) in [5.74, 6) is 1.34.